The zero-order chi connectivity index (χ0) is 18.5. The molecule has 0 aliphatic rings. The number of H-pyrrole nitrogens is 1. The molecule has 134 valence electrons. The first-order valence-electron chi connectivity index (χ1n) is 7.95. The lowest BCUT2D eigenvalue weighted by molar-refractivity contribution is 0.0948. The Morgan fingerprint density at radius 3 is 2.69 bits per heavy atom. The molecule has 2 aromatic carbocycles. The van der Waals surface area contributed by atoms with Crippen molar-refractivity contribution in [3.8, 4) is 11.5 Å². The Morgan fingerprint density at radius 1 is 1.15 bits per heavy atom. The zero-order valence-electron chi connectivity index (χ0n) is 14.0. The highest BCUT2D eigenvalue weighted by Gasteiger charge is 2.15. The van der Waals surface area contributed by atoms with E-state index in [9.17, 15) is 14.0 Å². The van der Waals surface area contributed by atoms with Crippen molar-refractivity contribution in [3.05, 3.63) is 70.3 Å². The van der Waals surface area contributed by atoms with Gasteiger partial charge in [0.25, 0.3) is 5.91 Å². The molecule has 0 aliphatic carbocycles. The van der Waals surface area contributed by atoms with Crippen LogP contribution in [0.25, 0.3) is 10.9 Å². The van der Waals surface area contributed by atoms with Crippen molar-refractivity contribution in [1.29, 1.82) is 0 Å². The van der Waals surface area contributed by atoms with E-state index in [1.807, 2.05) is 12.1 Å². The highest BCUT2D eigenvalue weighted by molar-refractivity contribution is 6.06. The number of methoxy groups -OCH3 is 1. The van der Waals surface area contributed by atoms with E-state index in [1.54, 1.807) is 18.2 Å². The van der Waals surface area contributed by atoms with Gasteiger partial charge in [-0.3, -0.25) is 9.59 Å². The quantitative estimate of drug-likeness (QED) is 0.665. The van der Waals surface area contributed by atoms with Crippen LogP contribution in [0.2, 0.25) is 0 Å². The number of hydrogen-bond donors (Lipinski definition) is 2. The second-order valence-electron chi connectivity index (χ2n) is 5.46. The molecule has 0 saturated carbocycles. The Hall–Kier alpha value is -3.35. The van der Waals surface area contributed by atoms with Crippen LogP contribution in [0.15, 0.2) is 53.3 Å². The molecule has 2 N–H and O–H groups in total. The molecular weight excluding hydrogens is 339 g/mol. The average molecular weight is 356 g/mol. The van der Waals surface area contributed by atoms with Gasteiger partial charge < -0.3 is 19.8 Å². The number of aromatic nitrogens is 1. The van der Waals surface area contributed by atoms with Gasteiger partial charge in [0.05, 0.1) is 24.7 Å². The van der Waals surface area contributed by atoms with E-state index in [0.717, 1.165) is 6.07 Å². The van der Waals surface area contributed by atoms with Gasteiger partial charge in [-0.05, 0) is 24.3 Å². The summed E-state index contributed by atoms with van der Waals surface area (Å²) in [4.78, 5) is 26.6. The Labute approximate surface area is 148 Å². The molecule has 0 saturated heterocycles. The first kappa shape index (κ1) is 17.5. The molecule has 1 heterocycles. The number of amides is 1. The number of halogens is 1. The summed E-state index contributed by atoms with van der Waals surface area (Å²) in [6.45, 7) is 0.370. The second-order valence-corrected chi connectivity index (χ2v) is 5.46. The van der Waals surface area contributed by atoms with Gasteiger partial charge in [-0.25, -0.2) is 4.39 Å². The summed E-state index contributed by atoms with van der Waals surface area (Å²) in [5.41, 5.74) is -0.217. The highest BCUT2D eigenvalue weighted by atomic mass is 19.1. The van der Waals surface area contributed by atoms with E-state index in [0.29, 0.717) is 11.5 Å². The molecular formula is C19H17FN2O4. The number of fused-ring (bicyclic) bond motifs is 1. The number of benzene rings is 2. The first-order chi connectivity index (χ1) is 12.6. The molecule has 6 nitrogen and oxygen atoms in total. The molecule has 0 unspecified atom stereocenters. The van der Waals surface area contributed by atoms with E-state index in [2.05, 4.69) is 10.3 Å². The molecule has 3 rings (SSSR count). The Morgan fingerprint density at radius 2 is 1.92 bits per heavy atom. The molecule has 0 atom stereocenters. The largest absolute Gasteiger partial charge is 0.493 e. The van der Waals surface area contributed by atoms with Gasteiger partial charge >= 0.3 is 0 Å². The third kappa shape index (κ3) is 3.66. The van der Waals surface area contributed by atoms with E-state index in [1.165, 1.54) is 19.2 Å². The molecule has 7 heteroatoms. The third-order valence-corrected chi connectivity index (χ3v) is 3.78. The van der Waals surface area contributed by atoms with Gasteiger partial charge in [0.2, 0.25) is 5.56 Å². The van der Waals surface area contributed by atoms with Crippen LogP contribution in [0.4, 0.5) is 4.39 Å². The molecule has 3 aromatic rings. The molecule has 0 bridgehead atoms. The van der Waals surface area contributed by atoms with Gasteiger partial charge in [0, 0.05) is 11.5 Å². The van der Waals surface area contributed by atoms with Crippen LogP contribution in [0.3, 0.4) is 0 Å². The van der Waals surface area contributed by atoms with Gasteiger partial charge in [-0.2, -0.15) is 0 Å². The third-order valence-electron chi connectivity index (χ3n) is 3.78. The maximum absolute atomic E-state index is 14.1. The fourth-order valence-corrected chi connectivity index (χ4v) is 2.61. The molecule has 1 aromatic heterocycles. The van der Waals surface area contributed by atoms with Crippen LogP contribution in [-0.2, 0) is 0 Å². The number of pyridine rings is 1. The van der Waals surface area contributed by atoms with Crippen LogP contribution in [0.1, 0.15) is 10.4 Å². The summed E-state index contributed by atoms with van der Waals surface area (Å²) >= 11 is 0. The van der Waals surface area contributed by atoms with Crippen LogP contribution in [0.5, 0.6) is 11.5 Å². The number of carbonyl (C=O) groups excluding carboxylic acids is 1. The SMILES string of the molecule is COc1ccccc1OCCNC(=O)c1cc(=O)[nH]c2cccc(F)c12. The molecule has 0 spiro atoms. The number of rotatable bonds is 6. The van der Waals surface area contributed by atoms with Gasteiger partial charge in [-0.15, -0.1) is 0 Å². The van der Waals surface area contributed by atoms with Crippen LogP contribution in [-0.4, -0.2) is 31.2 Å². The Bertz CT molecular complexity index is 1000. The van der Waals surface area contributed by atoms with Crippen molar-refractivity contribution >= 4 is 16.8 Å². The van der Waals surface area contributed by atoms with Gasteiger partial charge in [-0.1, -0.05) is 18.2 Å². The fraction of sp³-hybridized carbons (Fsp3) is 0.158. The summed E-state index contributed by atoms with van der Waals surface area (Å²) in [6.07, 6.45) is 0. The van der Waals surface area contributed by atoms with Crippen LogP contribution < -0.4 is 20.3 Å². The normalized spacial score (nSPS) is 10.5. The number of carbonyl (C=O) groups is 1. The van der Waals surface area contributed by atoms with E-state index < -0.39 is 17.3 Å². The fourth-order valence-electron chi connectivity index (χ4n) is 2.61. The van der Waals surface area contributed by atoms with Crippen molar-refractivity contribution in [2.24, 2.45) is 0 Å². The van der Waals surface area contributed by atoms with Crippen molar-refractivity contribution in [2.75, 3.05) is 20.3 Å². The van der Waals surface area contributed by atoms with Crippen LogP contribution in [0, 0.1) is 5.82 Å². The van der Waals surface area contributed by atoms with E-state index >= 15 is 0 Å². The van der Waals surface area contributed by atoms with E-state index in [-0.39, 0.29) is 29.6 Å². The number of hydrogen-bond acceptors (Lipinski definition) is 4. The summed E-state index contributed by atoms with van der Waals surface area (Å²) in [7, 11) is 1.54. The van der Waals surface area contributed by atoms with E-state index in [4.69, 9.17) is 9.47 Å². The lowest BCUT2D eigenvalue weighted by atomic mass is 10.1. The van der Waals surface area contributed by atoms with Crippen molar-refractivity contribution < 1.29 is 18.7 Å². The number of nitrogens with one attached hydrogen (secondary N) is 2. The number of para-hydroxylation sites is 2. The lowest BCUT2D eigenvalue weighted by Crippen LogP contribution is -2.29. The minimum atomic E-state index is -0.575. The van der Waals surface area contributed by atoms with Crippen molar-refractivity contribution in [2.45, 2.75) is 0 Å². The maximum Gasteiger partial charge on any atom is 0.252 e. The standard InChI is InChI=1S/C19H17FN2O4/c1-25-15-7-2-3-8-16(15)26-10-9-21-19(24)12-11-17(23)22-14-6-4-5-13(20)18(12)14/h2-8,11H,9-10H2,1H3,(H,21,24)(H,22,23). The average Bonchev–Trinajstić information content (AvgIpc) is 2.64. The summed E-state index contributed by atoms with van der Waals surface area (Å²) < 4.78 is 24.8. The summed E-state index contributed by atoms with van der Waals surface area (Å²) in [5, 5.41) is 2.71. The minimum absolute atomic E-state index is 0.0147. The zero-order valence-corrected chi connectivity index (χ0v) is 14.0. The first-order valence-corrected chi connectivity index (χ1v) is 7.95. The monoisotopic (exact) mass is 356 g/mol. The molecule has 0 aliphatic heterocycles. The van der Waals surface area contributed by atoms with Crippen LogP contribution >= 0.6 is 0 Å². The predicted octanol–water partition coefficient (Wildman–Crippen LogP) is 2.48. The lowest BCUT2D eigenvalue weighted by Gasteiger charge is -2.11. The van der Waals surface area contributed by atoms with Crippen molar-refractivity contribution in [1.82, 2.24) is 10.3 Å². The highest BCUT2D eigenvalue weighted by Crippen LogP contribution is 2.25. The Kier molecular flexibility index (Phi) is 5.17. The summed E-state index contributed by atoms with van der Waals surface area (Å²) in [5.74, 6) is 0.0161. The summed E-state index contributed by atoms with van der Waals surface area (Å²) in [6, 6.07) is 12.5. The molecule has 1 amide bonds. The Balaban J connectivity index is 1.69. The predicted molar refractivity (Wildman–Crippen MR) is 95.3 cm³/mol. The van der Waals surface area contributed by atoms with Gasteiger partial charge in [0.15, 0.2) is 11.5 Å². The molecule has 0 radical (unpaired) electrons. The second kappa shape index (κ2) is 7.69. The number of ether oxygens (including phenoxy) is 2. The maximum atomic E-state index is 14.1. The van der Waals surface area contributed by atoms with Gasteiger partial charge in [0.1, 0.15) is 12.4 Å². The minimum Gasteiger partial charge on any atom is -0.493 e. The molecule has 0 fully saturated rings. The van der Waals surface area contributed by atoms with Crippen molar-refractivity contribution in [3.63, 3.8) is 0 Å². The molecule has 26 heavy (non-hydrogen) atoms. The topological polar surface area (TPSA) is 80.4 Å². The smallest absolute Gasteiger partial charge is 0.252 e. The number of aromatic amines is 1.